The van der Waals surface area contributed by atoms with Crippen LogP contribution in [0.1, 0.15) is 62.9 Å². The second kappa shape index (κ2) is 7.50. The molecule has 0 spiro atoms. The van der Waals surface area contributed by atoms with Crippen LogP contribution in [0, 0.1) is 17.0 Å². The molecule has 186 valence electrons. The SMILES string of the molecule is Cc1c(C(=O)NC23C(=O)c4c([N+](=O)[O-])cccc4C2(O)Oc2cc(C(C)C)ccc23)oc2ccccc12. The maximum atomic E-state index is 14.1. The number of carbonyl (C=O) groups excluding carboxylic acids is 2. The Kier molecular flexibility index (Phi) is 4.65. The van der Waals surface area contributed by atoms with Crippen LogP contribution < -0.4 is 10.1 Å². The van der Waals surface area contributed by atoms with Crippen molar-refractivity contribution in [3.63, 3.8) is 0 Å². The number of nitro benzene ring substituents is 1. The highest BCUT2D eigenvalue weighted by Crippen LogP contribution is 2.59. The van der Waals surface area contributed by atoms with Gasteiger partial charge >= 0.3 is 0 Å². The van der Waals surface area contributed by atoms with Gasteiger partial charge < -0.3 is 19.6 Å². The molecule has 2 unspecified atom stereocenters. The molecule has 2 aliphatic rings. The molecule has 1 aliphatic carbocycles. The number of furan rings is 1. The number of rotatable bonds is 4. The average Bonchev–Trinajstić information content (AvgIpc) is 3.41. The zero-order chi connectivity index (χ0) is 26.3. The number of hydrogen-bond acceptors (Lipinski definition) is 7. The number of fused-ring (bicyclic) bond motifs is 6. The highest BCUT2D eigenvalue weighted by atomic mass is 16.6. The molecule has 2 atom stereocenters. The Morgan fingerprint density at radius 3 is 2.54 bits per heavy atom. The van der Waals surface area contributed by atoms with Gasteiger partial charge in [0.1, 0.15) is 16.9 Å². The quantitative estimate of drug-likeness (QED) is 0.304. The zero-order valence-corrected chi connectivity index (χ0v) is 20.2. The van der Waals surface area contributed by atoms with Gasteiger partial charge in [-0.15, -0.1) is 0 Å². The molecule has 9 heteroatoms. The molecule has 37 heavy (non-hydrogen) atoms. The first-order valence-corrected chi connectivity index (χ1v) is 11.8. The number of carbonyl (C=O) groups is 2. The van der Waals surface area contributed by atoms with E-state index in [1.807, 2.05) is 19.9 Å². The van der Waals surface area contributed by atoms with Crippen LogP contribution in [0.4, 0.5) is 5.69 Å². The van der Waals surface area contributed by atoms with E-state index >= 15 is 0 Å². The summed E-state index contributed by atoms with van der Waals surface area (Å²) in [5.74, 6) is -3.73. The van der Waals surface area contributed by atoms with Crippen molar-refractivity contribution in [1.29, 1.82) is 0 Å². The molecule has 0 saturated heterocycles. The fourth-order valence-electron chi connectivity index (χ4n) is 5.47. The van der Waals surface area contributed by atoms with Gasteiger partial charge in [-0.3, -0.25) is 19.7 Å². The van der Waals surface area contributed by atoms with E-state index in [0.29, 0.717) is 11.1 Å². The number of para-hydroxylation sites is 1. The number of ether oxygens (including phenoxy) is 1. The summed E-state index contributed by atoms with van der Waals surface area (Å²) >= 11 is 0. The summed E-state index contributed by atoms with van der Waals surface area (Å²) in [5.41, 5.74) is -0.917. The van der Waals surface area contributed by atoms with Gasteiger partial charge in [0.25, 0.3) is 17.4 Å². The van der Waals surface area contributed by atoms with Crippen molar-refractivity contribution in [1.82, 2.24) is 5.32 Å². The second-order valence-electron chi connectivity index (χ2n) is 9.70. The minimum atomic E-state index is -2.42. The molecule has 9 nitrogen and oxygen atoms in total. The van der Waals surface area contributed by atoms with Gasteiger partial charge in [0, 0.05) is 28.1 Å². The van der Waals surface area contributed by atoms with Crippen molar-refractivity contribution in [2.45, 2.75) is 38.0 Å². The first-order valence-electron chi connectivity index (χ1n) is 11.8. The maximum absolute atomic E-state index is 14.1. The summed E-state index contributed by atoms with van der Waals surface area (Å²) in [4.78, 5) is 39.0. The van der Waals surface area contributed by atoms with Crippen molar-refractivity contribution in [2.24, 2.45) is 0 Å². The highest BCUT2D eigenvalue weighted by molar-refractivity contribution is 6.15. The lowest BCUT2D eigenvalue weighted by atomic mass is 9.82. The van der Waals surface area contributed by atoms with E-state index in [4.69, 9.17) is 9.15 Å². The van der Waals surface area contributed by atoms with Crippen LogP contribution in [0.2, 0.25) is 0 Å². The molecule has 0 bridgehead atoms. The van der Waals surface area contributed by atoms with Crippen LogP contribution >= 0.6 is 0 Å². The third-order valence-corrected chi connectivity index (χ3v) is 7.37. The molecule has 2 heterocycles. The number of ketones is 1. The summed E-state index contributed by atoms with van der Waals surface area (Å²) in [6.07, 6.45) is 0. The minimum Gasteiger partial charge on any atom is -0.454 e. The molecule has 1 aromatic heterocycles. The molecule has 3 aromatic carbocycles. The van der Waals surface area contributed by atoms with Gasteiger partial charge in [0.15, 0.2) is 5.76 Å². The topological polar surface area (TPSA) is 132 Å². The van der Waals surface area contributed by atoms with E-state index in [2.05, 4.69) is 5.32 Å². The van der Waals surface area contributed by atoms with E-state index in [9.17, 15) is 24.8 Å². The van der Waals surface area contributed by atoms with Gasteiger partial charge in [0.2, 0.25) is 11.3 Å². The third-order valence-electron chi connectivity index (χ3n) is 7.37. The molecule has 6 rings (SSSR count). The predicted molar refractivity (Wildman–Crippen MR) is 133 cm³/mol. The monoisotopic (exact) mass is 498 g/mol. The number of nitro groups is 1. The number of benzene rings is 3. The summed E-state index contributed by atoms with van der Waals surface area (Å²) < 4.78 is 11.8. The van der Waals surface area contributed by atoms with Gasteiger partial charge in [-0.25, -0.2) is 0 Å². The fourth-order valence-corrected chi connectivity index (χ4v) is 5.47. The first-order chi connectivity index (χ1) is 17.6. The van der Waals surface area contributed by atoms with Gasteiger partial charge in [-0.1, -0.05) is 56.3 Å². The predicted octanol–water partition coefficient (Wildman–Crippen LogP) is 4.83. The Morgan fingerprint density at radius 1 is 1.08 bits per heavy atom. The molecular weight excluding hydrogens is 476 g/mol. The molecule has 0 saturated carbocycles. The maximum Gasteiger partial charge on any atom is 0.288 e. The Bertz CT molecular complexity index is 1670. The lowest BCUT2D eigenvalue weighted by Crippen LogP contribution is -2.60. The van der Waals surface area contributed by atoms with Crippen LogP contribution in [-0.2, 0) is 11.3 Å². The molecule has 2 N–H and O–H groups in total. The van der Waals surface area contributed by atoms with E-state index < -0.39 is 33.6 Å². The Hall–Kier alpha value is -4.50. The lowest BCUT2D eigenvalue weighted by molar-refractivity contribution is -0.385. The van der Waals surface area contributed by atoms with E-state index in [-0.39, 0.29) is 34.1 Å². The number of aryl methyl sites for hydroxylation is 1. The number of amides is 1. The van der Waals surface area contributed by atoms with E-state index in [0.717, 1.165) is 10.9 Å². The van der Waals surface area contributed by atoms with Crippen molar-refractivity contribution in [3.8, 4) is 5.75 Å². The Labute approximate surface area is 210 Å². The molecule has 0 fully saturated rings. The van der Waals surface area contributed by atoms with Crippen LogP contribution in [0.15, 0.2) is 65.1 Å². The highest BCUT2D eigenvalue weighted by Gasteiger charge is 2.73. The molecule has 0 radical (unpaired) electrons. The third kappa shape index (κ3) is 2.83. The van der Waals surface area contributed by atoms with E-state index in [1.165, 1.54) is 18.2 Å². The van der Waals surface area contributed by atoms with Crippen molar-refractivity contribution in [2.75, 3.05) is 0 Å². The second-order valence-corrected chi connectivity index (χ2v) is 9.70. The van der Waals surface area contributed by atoms with Gasteiger partial charge in [0.05, 0.1) is 4.92 Å². The van der Waals surface area contributed by atoms with Gasteiger partial charge in [-0.2, -0.15) is 0 Å². The van der Waals surface area contributed by atoms with Crippen LogP contribution in [0.3, 0.4) is 0 Å². The molecular formula is C28H22N2O7. The summed E-state index contributed by atoms with van der Waals surface area (Å²) in [5, 5.41) is 27.3. The number of nitrogens with zero attached hydrogens (tertiary/aromatic N) is 1. The van der Waals surface area contributed by atoms with Crippen LogP contribution in [0.25, 0.3) is 11.0 Å². The fraction of sp³-hybridized carbons (Fsp3) is 0.214. The summed E-state index contributed by atoms with van der Waals surface area (Å²) in [6, 6.07) is 16.2. The van der Waals surface area contributed by atoms with Crippen molar-refractivity contribution in [3.05, 3.63) is 104 Å². The Morgan fingerprint density at radius 2 is 1.84 bits per heavy atom. The summed E-state index contributed by atoms with van der Waals surface area (Å²) in [6.45, 7) is 5.69. The standard InChI is InChI=1S/C28H22N2O7/c1-14(2)16-11-12-18-22(13-16)37-28(33)19-8-6-9-20(30(34)35)23(19)25(31)27(18,28)29-26(32)24-15(3)17-7-4-5-10-21(17)36-24/h4-14,33H,1-3H3,(H,29,32). The summed E-state index contributed by atoms with van der Waals surface area (Å²) in [7, 11) is 0. The smallest absolute Gasteiger partial charge is 0.288 e. The number of Topliss-reactive ketones (excluding diaryl/α,β-unsaturated/α-hetero) is 1. The Balaban J connectivity index is 1.58. The van der Waals surface area contributed by atoms with Crippen LogP contribution in [0.5, 0.6) is 5.75 Å². The number of hydrogen-bond donors (Lipinski definition) is 2. The van der Waals surface area contributed by atoms with Crippen LogP contribution in [-0.4, -0.2) is 21.7 Å². The lowest BCUT2D eigenvalue weighted by Gasteiger charge is -2.34. The largest absolute Gasteiger partial charge is 0.454 e. The zero-order valence-electron chi connectivity index (χ0n) is 20.2. The minimum absolute atomic E-state index is 0.0385. The van der Waals surface area contributed by atoms with Gasteiger partial charge in [-0.05, 0) is 30.5 Å². The van der Waals surface area contributed by atoms with E-state index in [1.54, 1.807) is 43.3 Å². The normalized spacial score (nSPS) is 21.5. The number of nitrogens with one attached hydrogen (secondary N) is 1. The molecule has 4 aromatic rings. The van der Waals surface area contributed by atoms with Crippen molar-refractivity contribution < 1.29 is 28.8 Å². The number of aliphatic hydroxyl groups is 1. The van der Waals surface area contributed by atoms with Crippen molar-refractivity contribution >= 4 is 28.3 Å². The molecule has 1 amide bonds. The first kappa shape index (κ1) is 22.9. The molecule has 1 aliphatic heterocycles. The average molecular weight is 498 g/mol.